The first kappa shape index (κ1) is 12.3. The number of para-hydroxylation sites is 1. The van der Waals surface area contributed by atoms with Gasteiger partial charge in [-0.2, -0.15) is 0 Å². The van der Waals surface area contributed by atoms with Gasteiger partial charge in [0.2, 0.25) is 0 Å². The minimum Gasteiger partial charge on any atom is -0.381 e. The average Bonchev–Trinajstić information content (AvgIpc) is 2.80. The maximum absolute atomic E-state index is 6.18. The maximum atomic E-state index is 6.18. The van der Waals surface area contributed by atoms with Crippen molar-refractivity contribution in [3.63, 3.8) is 0 Å². The number of nitrogens with one attached hydrogen (secondary N) is 1. The lowest BCUT2D eigenvalue weighted by Gasteiger charge is -2.37. The molecule has 3 rings (SSSR count). The third-order valence-electron chi connectivity index (χ3n) is 3.79. The minimum absolute atomic E-state index is 0.0584. The summed E-state index contributed by atoms with van der Waals surface area (Å²) in [6.07, 6.45) is 3.03. The summed E-state index contributed by atoms with van der Waals surface area (Å²) in [7, 11) is 0. The van der Waals surface area contributed by atoms with Crippen molar-refractivity contribution < 1.29 is 9.47 Å². The fraction of sp³-hybridized carbons (Fsp3) is 0.571. The van der Waals surface area contributed by atoms with Gasteiger partial charge in [0.15, 0.2) is 0 Å². The normalized spacial score (nSPS) is 31.7. The molecule has 1 N–H and O–H groups in total. The number of anilines is 1. The van der Waals surface area contributed by atoms with Crippen LogP contribution in [0.5, 0.6) is 0 Å². The molecule has 98 valence electrons. The first-order valence-corrected chi connectivity index (χ1v) is 6.88. The topological polar surface area (TPSA) is 30.5 Å². The van der Waals surface area contributed by atoms with E-state index in [4.69, 9.17) is 21.1 Å². The van der Waals surface area contributed by atoms with E-state index in [0.29, 0.717) is 6.04 Å². The fourth-order valence-corrected chi connectivity index (χ4v) is 3.00. The highest BCUT2D eigenvalue weighted by atomic mass is 35.5. The first-order valence-electron chi connectivity index (χ1n) is 6.50. The summed E-state index contributed by atoms with van der Waals surface area (Å²) < 4.78 is 11.4. The quantitative estimate of drug-likeness (QED) is 0.893. The molecule has 1 aromatic carbocycles. The monoisotopic (exact) mass is 267 g/mol. The van der Waals surface area contributed by atoms with Crippen molar-refractivity contribution >= 4 is 17.3 Å². The third kappa shape index (κ3) is 2.48. The molecule has 2 aliphatic rings. The zero-order valence-corrected chi connectivity index (χ0v) is 11.1. The van der Waals surface area contributed by atoms with Crippen LogP contribution in [0.1, 0.15) is 19.3 Å². The number of hydrogen-bond donors (Lipinski definition) is 1. The van der Waals surface area contributed by atoms with Gasteiger partial charge >= 0.3 is 0 Å². The van der Waals surface area contributed by atoms with Gasteiger partial charge in [-0.3, -0.25) is 0 Å². The van der Waals surface area contributed by atoms with Crippen molar-refractivity contribution in [2.45, 2.75) is 30.9 Å². The van der Waals surface area contributed by atoms with Gasteiger partial charge in [0.25, 0.3) is 0 Å². The number of benzene rings is 1. The minimum atomic E-state index is -0.0584. The molecule has 0 saturated carbocycles. The molecule has 2 fully saturated rings. The van der Waals surface area contributed by atoms with Crippen LogP contribution in [0.4, 0.5) is 5.69 Å². The van der Waals surface area contributed by atoms with Gasteiger partial charge in [0.05, 0.1) is 22.9 Å². The second-order valence-corrected chi connectivity index (χ2v) is 5.56. The predicted octanol–water partition coefficient (Wildman–Crippen LogP) is 3.09. The van der Waals surface area contributed by atoms with Gasteiger partial charge in [-0.15, -0.1) is 0 Å². The summed E-state index contributed by atoms with van der Waals surface area (Å²) in [4.78, 5) is 0. The molecule has 2 heterocycles. The van der Waals surface area contributed by atoms with Crippen LogP contribution in [0.3, 0.4) is 0 Å². The lowest BCUT2D eigenvalue weighted by atomic mass is 9.89. The van der Waals surface area contributed by atoms with Gasteiger partial charge in [0, 0.05) is 25.7 Å². The zero-order valence-electron chi connectivity index (χ0n) is 10.3. The van der Waals surface area contributed by atoms with Crippen LogP contribution in [0.25, 0.3) is 0 Å². The molecule has 4 heteroatoms. The van der Waals surface area contributed by atoms with Crippen molar-refractivity contribution in [3.05, 3.63) is 29.3 Å². The summed E-state index contributed by atoms with van der Waals surface area (Å²) in [6, 6.07) is 8.30. The Morgan fingerprint density at radius 1 is 1.28 bits per heavy atom. The molecule has 0 bridgehead atoms. The Hall–Kier alpha value is -0.770. The van der Waals surface area contributed by atoms with Gasteiger partial charge < -0.3 is 14.8 Å². The van der Waals surface area contributed by atoms with Gasteiger partial charge in [-0.05, 0) is 25.0 Å². The highest BCUT2D eigenvalue weighted by molar-refractivity contribution is 6.33. The van der Waals surface area contributed by atoms with E-state index in [2.05, 4.69) is 5.32 Å². The van der Waals surface area contributed by atoms with Crippen LogP contribution in [0.2, 0.25) is 5.02 Å². The second-order valence-electron chi connectivity index (χ2n) is 5.15. The van der Waals surface area contributed by atoms with E-state index in [1.165, 1.54) is 0 Å². The second kappa shape index (κ2) is 5.08. The van der Waals surface area contributed by atoms with E-state index in [1.807, 2.05) is 24.3 Å². The van der Waals surface area contributed by atoms with E-state index in [0.717, 1.165) is 49.8 Å². The summed E-state index contributed by atoms with van der Waals surface area (Å²) in [5.41, 5.74) is 0.956. The van der Waals surface area contributed by atoms with Crippen molar-refractivity contribution in [2.75, 3.05) is 25.1 Å². The first-order chi connectivity index (χ1) is 8.77. The molecule has 3 nitrogen and oxygen atoms in total. The number of rotatable bonds is 2. The van der Waals surface area contributed by atoms with Gasteiger partial charge in [-0.25, -0.2) is 0 Å². The molecular weight excluding hydrogens is 250 g/mol. The third-order valence-corrected chi connectivity index (χ3v) is 4.12. The smallest absolute Gasteiger partial charge is 0.0956 e. The molecule has 0 aromatic heterocycles. The Balaban J connectivity index is 1.68. The van der Waals surface area contributed by atoms with Crippen molar-refractivity contribution in [1.82, 2.24) is 0 Å². The Labute approximate surface area is 112 Å². The molecule has 2 saturated heterocycles. The van der Waals surface area contributed by atoms with E-state index in [9.17, 15) is 0 Å². The molecule has 1 spiro atoms. The molecule has 0 aliphatic carbocycles. The lowest BCUT2D eigenvalue weighted by Crippen LogP contribution is -2.44. The Bertz CT molecular complexity index is 418. The van der Waals surface area contributed by atoms with Gasteiger partial charge in [-0.1, -0.05) is 23.7 Å². The standard InChI is InChI=1S/C14H18ClNO2/c15-12-3-1-2-4-13(12)16-11-5-7-18-14(9-11)6-8-17-10-14/h1-4,11,16H,5-10H2. The molecule has 0 radical (unpaired) electrons. The Morgan fingerprint density at radius 3 is 2.94 bits per heavy atom. The van der Waals surface area contributed by atoms with Crippen LogP contribution in [0.15, 0.2) is 24.3 Å². The molecule has 18 heavy (non-hydrogen) atoms. The van der Waals surface area contributed by atoms with E-state index >= 15 is 0 Å². The van der Waals surface area contributed by atoms with Gasteiger partial charge in [0.1, 0.15) is 0 Å². The lowest BCUT2D eigenvalue weighted by molar-refractivity contribution is -0.0828. The van der Waals surface area contributed by atoms with E-state index < -0.39 is 0 Å². The van der Waals surface area contributed by atoms with E-state index in [-0.39, 0.29) is 5.60 Å². The summed E-state index contributed by atoms with van der Waals surface area (Å²) in [5.74, 6) is 0. The van der Waals surface area contributed by atoms with Crippen molar-refractivity contribution in [3.8, 4) is 0 Å². The number of hydrogen-bond acceptors (Lipinski definition) is 3. The highest BCUT2D eigenvalue weighted by Crippen LogP contribution is 2.34. The van der Waals surface area contributed by atoms with Crippen LogP contribution < -0.4 is 5.32 Å². The summed E-state index contributed by atoms with van der Waals surface area (Å²) in [6.45, 7) is 2.35. The average molecular weight is 268 g/mol. The number of halogens is 1. The van der Waals surface area contributed by atoms with Crippen LogP contribution >= 0.6 is 11.6 Å². The van der Waals surface area contributed by atoms with Crippen LogP contribution in [0, 0.1) is 0 Å². The van der Waals surface area contributed by atoms with Crippen molar-refractivity contribution in [2.24, 2.45) is 0 Å². The Morgan fingerprint density at radius 2 is 2.17 bits per heavy atom. The van der Waals surface area contributed by atoms with Crippen LogP contribution in [-0.4, -0.2) is 31.5 Å². The Kier molecular flexibility index (Phi) is 3.46. The predicted molar refractivity (Wildman–Crippen MR) is 72.2 cm³/mol. The highest BCUT2D eigenvalue weighted by Gasteiger charge is 2.41. The molecule has 2 aliphatic heterocycles. The molecule has 0 amide bonds. The zero-order chi connectivity index (χ0) is 12.4. The molecular formula is C14H18ClNO2. The van der Waals surface area contributed by atoms with E-state index in [1.54, 1.807) is 0 Å². The van der Waals surface area contributed by atoms with Crippen molar-refractivity contribution in [1.29, 1.82) is 0 Å². The summed E-state index contributed by atoms with van der Waals surface area (Å²) in [5, 5.41) is 4.31. The largest absolute Gasteiger partial charge is 0.381 e. The van der Waals surface area contributed by atoms with Crippen LogP contribution in [-0.2, 0) is 9.47 Å². The molecule has 2 unspecified atom stereocenters. The molecule has 2 atom stereocenters. The SMILES string of the molecule is Clc1ccccc1NC1CCOC2(CCOC2)C1. The summed E-state index contributed by atoms with van der Waals surface area (Å²) >= 11 is 6.18. The fourth-order valence-electron chi connectivity index (χ4n) is 2.81. The maximum Gasteiger partial charge on any atom is 0.0956 e. The number of ether oxygens (including phenoxy) is 2. The molecule has 1 aromatic rings.